The van der Waals surface area contributed by atoms with Gasteiger partial charge in [0.2, 0.25) is 12.3 Å². The number of nitro groups is 1. The Morgan fingerprint density at radius 1 is 1.12 bits per heavy atom. The van der Waals surface area contributed by atoms with Crippen molar-refractivity contribution in [3.05, 3.63) is 94.0 Å². The molecule has 12 nitrogen and oxygen atoms in total. The minimum atomic E-state index is -3.10. The smallest absolute Gasteiger partial charge is 0.269 e. The summed E-state index contributed by atoms with van der Waals surface area (Å²) in [7, 11) is -3.10. The fourth-order valence-corrected chi connectivity index (χ4v) is 10.6. The average Bonchev–Trinajstić information content (AvgIpc) is 3.72. The van der Waals surface area contributed by atoms with Crippen molar-refractivity contribution >= 4 is 49.3 Å². The first-order valence-electron chi connectivity index (χ1n) is 16.2. The molecule has 2 N–H and O–H groups in total. The van der Waals surface area contributed by atoms with Gasteiger partial charge in [-0.3, -0.25) is 29.4 Å². The molecule has 0 aromatic heterocycles. The Morgan fingerprint density at radius 2 is 1.85 bits per heavy atom. The van der Waals surface area contributed by atoms with Crippen LogP contribution in [0.4, 0.5) is 22.7 Å². The summed E-state index contributed by atoms with van der Waals surface area (Å²) in [5, 5.41) is 21.8. The maximum absolute atomic E-state index is 14.8. The van der Waals surface area contributed by atoms with E-state index in [1.165, 1.54) is 21.9 Å². The lowest BCUT2D eigenvalue weighted by atomic mass is 9.82. The summed E-state index contributed by atoms with van der Waals surface area (Å²) in [5.74, 6) is -1.28. The number of carbonyl (C=O) groups is 3. The largest absolute Gasteiger partial charge is 0.432 e. The molecular formula is C35H40N4O8Si. The number of anilines is 3. The van der Waals surface area contributed by atoms with E-state index in [4.69, 9.17) is 4.74 Å². The van der Waals surface area contributed by atoms with Crippen LogP contribution in [0.15, 0.2) is 72.8 Å². The summed E-state index contributed by atoms with van der Waals surface area (Å²) in [4.78, 5) is 68.3. The van der Waals surface area contributed by atoms with Gasteiger partial charge in [0.1, 0.15) is 0 Å². The molecule has 13 heteroatoms. The number of ether oxygens (including phenoxy) is 1. The van der Waals surface area contributed by atoms with Gasteiger partial charge in [0.05, 0.1) is 42.3 Å². The highest BCUT2D eigenvalue weighted by Gasteiger charge is 2.66. The number of hydrogen-bond acceptors (Lipinski definition) is 8. The molecule has 0 unspecified atom stereocenters. The standard InChI is InChI=1S/C35H40N4O8Si/c1-23-33(48(2,3)46)31(19-32(42)36-16-8-13-28(36)21-40)47-35(23)29-18-27(39(44)45)14-15-30(29)37(34(35)43)20-24-9-7-12-26(17-24)38(22-41)25-10-5-4-6-11-25/h4-7,9-12,14-15,17-18,22-23,28,31,33,40,46H,8,13,16,19-21H2,1-3H3/t23-,28-,31+,33-,35+/m0/s1. The number of carbonyl (C=O) groups excluding carboxylic acids is 3. The molecule has 6 rings (SSSR count). The van der Waals surface area contributed by atoms with Crippen LogP contribution >= 0.6 is 0 Å². The Bertz CT molecular complexity index is 1730. The molecule has 2 fully saturated rings. The number of nitro benzene ring substituents is 1. The topological polar surface area (TPSA) is 154 Å². The molecule has 3 amide bonds. The fourth-order valence-electron chi connectivity index (χ4n) is 8.03. The molecule has 3 aliphatic rings. The number of nitrogens with zero attached hydrogens (tertiary/aromatic N) is 4. The Balaban J connectivity index is 1.39. The summed E-state index contributed by atoms with van der Waals surface area (Å²) >= 11 is 0. The third kappa shape index (κ3) is 5.70. The van der Waals surface area contributed by atoms with Crippen molar-refractivity contribution in [3.8, 4) is 0 Å². The van der Waals surface area contributed by atoms with E-state index in [-0.39, 0.29) is 37.2 Å². The second-order valence-corrected chi connectivity index (χ2v) is 17.4. The van der Waals surface area contributed by atoms with E-state index in [1.54, 1.807) is 36.2 Å². The number of amides is 3. The van der Waals surface area contributed by atoms with Crippen molar-refractivity contribution < 1.29 is 33.9 Å². The molecule has 252 valence electrons. The van der Waals surface area contributed by atoms with Gasteiger partial charge in [0.15, 0.2) is 13.9 Å². The number of rotatable bonds is 10. The number of benzene rings is 3. The molecular weight excluding hydrogens is 632 g/mol. The van der Waals surface area contributed by atoms with Gasteiger partial charge >= 0.3 is 0 Å². The average molecular weight is 673 g/mol. The van der Waals surface area contributed by atoms with E-state index < -0.39 is 42.3 Å². The Hall–Kier alpha value is -4.43. The van der Waals surface area contributed by atoms with Crippen LogP contribution in [0.3, 0.4) is 0 Å². The van der Waals surface area contributed by atoms with Gasteiger partial charge in [-0.05, 0) is 61.8 Å². The number of hydrogen-bond donors (Lipinski definition) is 2. The Kier molecular flexibility index (Phi) is 8.98. The fraction of sp³-hybridized carbons (Fsp3) is 0.400. The highest BCUT2D eigenvalue weighted by atomic mass is 28.4. The molecule has 0 aliphatic carbocycles. The van der Waals surface area contributed by atoms with Gasteiger partial charge in [-0.1, -0.05) is 37.3 Å². The molecule has 48 heavy (non-hydrogen) atoms. The van der Waals surface area contributed by atoms with E-state index in [2.05, 4.69) is 0 Å². The zero-order chi connectivity index (χ0) is 34.4. The van der Waals surface area contributed by atoms with Crippen LogP contribution in [-0.4, -0.2) is 71.6 Å². The van der Waals surface area contributed by atoms with E-state index in [0.717, 1.165) is 12.8 Å². The number of aliphatic hydroxyl groups is 1. The number of aliphatic hydroxyl groups excluding tert-OH is 1. The van der Waals surface area contributed by atoms with Crippen molar-refractivity contribution in [3.63, 3.8) is 0 Å². The van der Waals surface area contributed by atoms with Crippen LogP contribution in [0, 0.1) is 16.0 Å². The second kappa shape index (κ2) is 12.9. The first-order chi connectivity index (χ1) is 22.9. The normalized spacial score (nSPS) is 25.1. The van der Waals surface area contributed by atoms with Gasteiger partial charge in [0.25, 0.3) is 11.6 Å². The van der Waals surface area contributed by atoms with Gasteiger partial charge in [-0.15, -0.1) is 0 Å². The predicted octanol–water partition coefficient (Wildman–Crippen LogP) is 4.61. The molecule has 3 aromatic rings. The lowest BCUT2D eigenvalue weighted by Crippen LogP contribution is -2.46. The van der Waals surface area contributed by atoms with Crippen LogP contribution in [0.25, 0.3) is 0 Å². The van der Waals surface area contributed by atoms with Crippen LogP contribution < -0.4 is 9.80 Å². The van der Waals surface area contributed by atoms with E-state index in [1.807, 2.05) is 49.4 Å². The zero-order valence-electron chi connectivity index (χ0n) is 27.2. The molecule has 3 aromatic carbocycles. The first-order valence-corrected chi connectivity index (χ1v) is 19.2. The lowest BCUT2D eigenvalue weighted by Gasteiger charge is -2.32. The summed E-state index contributed by atoms with van der Waals surface area (Å²) < 4.78 is 6.74. The number of likely N-dealkylation sites (tertiary alicyclic amines) is 1. The van der Waals surface area contributed by atoms with Gasteiger partial charge in [0, 0.05) is 47.1 Å². The van der Waals surface area contributed by atoms with Crippen molar-refractivity contribution in [2.45, 2.75) is 69.1 Å². The predicted molar refractivity (Wildman–Crippen MR) is 181 cm³/mol. The van der Waals surface area contributed by atoms with Crippen molar-refractivity contribution in [2.75, 3.05) is 23.0 Å². The highest BCUT2D eigenvalue weighted by Crippen LogP contribution is 2.60. The quantitative estimate of drug-likeness (QED) is 0.137. The summed E-state index contributed by atoms with van der Waals surface area (Å²) in [6.45, 7) is 5.76. The molecule has 5 atom stereocenters. The molecule has 1 spiro atoms. The van der Waals surface area contributed by atoms with Crippen LogP contribution in [0.5, 0.6) is 0 Å². The maximum Gasteiger partial charge on any atom is 0.269 e. The summed E-state index contributed by atoms with van der Waals surface area (Å²) in [5.41, 5.74) is 0.319. The molecule has 3 aliphatic heterocycles. The zero-order valence-corrected chi connectivity index (χ0v) is 28.2. The molecule has 0 radical (unpaired) electrons. The Morgan fingerprint density at radius 3 is 2.52 bits per heavy atom. The van der Waals surface area contributed by atoms with Crippen molar-refractivity contribution in [1.29, 1.82) is 0 Å². The number of non-ortho nitro benzene ring substituents is 1. The van der Waals surface area contributed by atoms with Gasteiger partial charge < -0.3 is 24.4 Å². The molecule has 2 saturated heterocycles. The van der Waals surface area contributed by atoms with Crippen LogP contribution in [0.2, 0.25) is 18.6 Å². The SMILES string of the molecule is C[C@H]1[C@H]([Si](C)(C)O)[C@@H](CC(=O)N2CCC[C@H]2CO)O[C@]12C(=O)N(Cc1cccc(N(C=O)c3ccccc3)c1)c1ccc([N+](=O)[O-])cc12. The second-order valence-electron chi connectivity index (χ2n) is 13.5. The van der Waals surface area contributed by atoms with Crippen LogP contribution in [-0.2, 0) is 31.3 Å². The van der Waals surface area contributed by atoms with Gasteiger partial charge in [-0.25, -0.2) is 0 Å². The van der Waals surface area contributed by atoms with Crippen molar-refractivity contribution in [2.24, 2.45) is 5.92 Å². The lowest BCUT2D eigenvalue weighted by molar-refractivity contribution is -0.385. The highest BCUT2D eigenvalue weighted by molar-refractivity contribution is 6.71. The molecule has 0 bridgehead atoms. The summed E-state index contributed by atoms with van der Waals surface area (Å²) in [6, 6.07) is 20.4. The summed E-state index contributed by atoms with van der Waals surface area (Å²) in [6.07, 6.45) is 1.27. The third-order valence-corrected chi connectivity index (χ3v) is 12.6. The minimum Gasteiger partial charge on any atom is -0.432 e. The first kappa shape index (κ1) is 33.5. The maximum atomic E-state index is 14.8. The molecule has 3 heterocycles. The van der Waals surface area contributed by atoms with Crippen molar-refractivity contribution in [1.82, 2.24) is 4.90 Å². The number of fused-ring (bicyclic) bond motifs is 2. The van der Waals surface area contributed by atoms with Crippen LogP contribution in [0.1, 0.15) is 37.3 Å². The van der Waals surface area contributed by atoms with Gasteiger partial charge in [-0.2, -0.15) is 0 Å². The third-order valence-electron chi connectivity index (χ3n) is 10.1. The van der Waals surface area contributed by atoms with E-state index in [9.17, 15) is 34.4 Å². The van der Waals surface area contributed by atoms with E-state index >= 15 is 0 Å². The number of para-hydroxylation sites is 1. The minimum absolute atomic E-state index is 0.0803. The molecule has 0 saturated carbocycles. The van der Waals surface area contributed by atoms with E-state index in [0.29, 0.717) is 41.2 Å². The Labute approximate surface area is 279 Å². The monoisotopic (exact) mass is 672 g/mol.